The second-order valence-electron chi connectivity index (χ2n) is 5.53. The van der Waals surface area contributed by atoms with E-state index in [9.17, 15) is 13.2 Å². The number of carbonyl (C=O) groups excluding carboxylic acids is 1. The number of hydrogen-bond acceptors (Lipinski definition) is 5. The van der Waals surface area contributed by atoms with Crippen LogP contribution in [-0.4, -0.2) is 57.6 Å². The molecule has 0 aromatic heterocycles. The molecule has 0 spiro atoms. The average molecular weight is 340 g/mol. The van der Waals surface area contributed by atoms with Gasteiger partial charge in [-0.05, 0) is 37.1 Å². The number of sulfonamides is 1. The smallest absolute Gasteiger partial charge is 0.253 e. The molecule has 1 aromatic carbocycles. The topological polar surface area (TPSA) is 84.9 Å². The Morgan fingerprint density at radius 2 is 1.83 bits per heavy atom. The molecule has 0 bridgehead atoms. The fourth-order valence-corrected chi connectivity index (χ4v) is 4.06. The number of anilines is 1. The molecule has 126 valence electrons. The van der Waals surface area contributed by atoms with E-state index in [1.54, 1.807) is 12.1 Å². The third kappa shape index (κ3) is 3.72. The van der Waals surface area contributed by atoms with Crippen molar-refractivity contribution >= 4 is 21.6 Å². The van der Waals surface area contributed by atoms with Crippen molar-refractivity contribution < 1.29 is 22.7 Å². The standard InChI is InChI=1S/C15H20N2O5S/c18-15(14-2-1-9-22-14)16-12-3-5-13(6-4-12)23(19,20)17-7-10-21-11-8-17/h3-6,14H,1-2,7-11H2,(H,16,18). The average Bonchev–Trinajstić information content (AvgIpc) is 3.11. The maximum Gasteiger partial charge on any atom is 0.253 e. The van der Waals surface area contributed by atoms with Crippen LogP contribution in [0, 0.1) is 0 Å². The zero-order chi connectivity index (χ0) is 16.3. The summed E-state index contributed by atoms with van der Waals surface area (Å²) < 4.78 is 36.9. The lowest BCUT2D eigenvalue weighted by Gasteiger charge is -2.26. The van der Waals surface area contributed by atoms with E-state index in [-0.39, 0.29) is 10.8 Å². The van der Waals surface area contributed by atoms with Crippen LogP contribution in [0.3, 0.4) is 0 Å². The first kappa shape index (κ1) is 16.4. The van der Waals surface area contributed by atoms with Crippen LogP contribution in [0.25, 0.3) is 0 Å². The molecule has 0 aliphatic carbocycles. The lowest BCUT2D eigenvalue weighted by Crippen LogP contribution is -2.40. The van der Waals surface area contributed by atoms with E-state index in [1.807, 2.05) is 0 Å². The van der Waals surface area contributed by atoms with Gasteiger partial charge in [-0.25, -0.2) is 8.42 Å². The quantitative estimate of drug-likeness (QED) is 0.877. The minimum atomic E-state index is -3.51. The Labute approximate surface area is 135 Å². The molecular formula is C15H20N2O5S. The molecule has 0 radical (unpaired) electrons. The fraction of sp³-hybridized carbons (Fsp3) is 0.533. The predicted octanol–water partition coefficient (Wildman–Crippen LogP) is 0.825. The zero-order valence-corrected chi connectivity index (χ0v) is 13.5. The van der Waals surface area contributed by atoms with E-state index < -0.39 is 16.1 Å². The molecule has 7 nitrogen and oxygen atoms in total. The van der Waals surface area contributed by atoms with Crippen LogP contribution >= 0.6 is 0 Å². The van der Waals surface area contributed by atoms with E-state index in [1.165, 1.54) is 16.4 Å². The number of ether oxygens (including phenoxy) is 2. The third-order valence-electron chi connectivity index (χ3n) is 3.95. The van der Waals surface area contributed by atoms with Crippen molar-refractivity contribution in [3.05, 3.63) is 24.3 Å². The van der Waals surface area contributed by atoms with Crippen LogP contribution in [0.1, 0.15) is 12.8 Å². The number of rotatable bonds is 4. The third-order valence-corrected chi connectivity index (χ3v) is 5.86. The molecule has 3 rings (SSSR count). The molecule has 1 atom stereocenters. The van der Waals surface area contributed by atoms with E-state index >= 15 is 0 Å². The summed E-state index contributed by atoms with van der Waals surface area (Å²) >= 11 is 0. The van der Waals surface area contributed by atoms with Crippen LogP contribution in [0.2, 0.25) is 0 Å². The summed E-state index contributed by atoms with van der Waals surface area (Å²) in [6, 6.07) is 6.21. The van der Waals surface area contributed by atoms with Gasteiger partial charge in [-0.2, -0.15) is 4.31 Å². The number of morpholine rings is 1. The molecule has 2 heterocycles. The Kier molecular flexibility index (Phi) is 4.96. The Hall–Kier alpha value is -1.48. The van der Waals surface area contributed by atoms with Crippen molar-refractivity contribution in [3.63, 3.8) is 0 Å². The summed E-state index contributed by atoms with van der Waals surface area (Å²) in [4.78, 5) is 12.2. The highest BCUT2D eigenvalue weighted by Gasteiger charge is 2.27. The van der Waals surface area contributed by atoms with Crippen LogP contribution < -0.4 is 5.32 Å². The minimum Gasteiger partial charge on any atom is -0.379 e. The number of benzene rings is 1. The van der Waals surface area contributed by atoms with Gasteiger partial charge in [-0.1, -0.05) is 0 Å². The molecule has 1 unspecified atom stereocenters. The number of nitrogens with zero attached hydrogens (tertiary/aromatic N) is 1. The van der Waals surface area contributed by atoms with Crippen LogP contribution in [0.4, 0.5) is 5.69 Å². The van der Waals surface area contributed by atoms with E-state index in [0.717, 1.165) is 12.8 Å². The molecule has 1 N–H and O–H groups in total. The first-order valence-electron chi connectivity index (χ1n) is 7.68. The van der Waals surface area contributed by atoms with Crippen molar-refractivity contribution in [3.8, 4) is 0 Å². The summed E-state index contributed by atoms with van der Waals surface area (Å²) in [7, 11) is -3.51. The molecule has 2 aliphatic heterocycles. The molecule has 8 heteroatoms. The molecule has 2 saturated heterocycles. The summed E-state index contributed by atoms with van der Waals surface area (Å²) in [6.07, 6.45) is 1.19. The zero-order valence-electron chi connectivity index (χ0n) is 12.7. The van der Waals surface area contributed by atoms with E-state index in [4.69, 9.17) is 9.47 Å². The molecule has 23 heavy (non-hydrogen) atoms. The monoisotopic (exact) mass is 340 g/mol. The van der Waals surface area contributed by atoms with Gasteiger partial charge in [0.25, 0.3) is 5.91 Å². The van der Waals surface area contributed by atoms with E-state index in [0.29, 0.717) is 38.6 Å². The largest absolute Gasteiger partial charge is 0.379 e. The predicted molar refractivity (Wildman–Crippen MR) is 83.6 cm³/mol. The lowest BCUT2D eigenvalue weighted by molar-refractivity contribution is -0.124. The molecule has 1 amide bonds. The van der Waals surface area contributed by atoms with Gasteiger partial charge in [0, 0.05) is 25.4 Å². The van der Waals surface area contributed by atoms with Crippen LogP contribution in [0.15, 0.2) is 29.2 Å². The molecular weight excluding hydrogens is 320 g/mol. The van der Waals surface area contributed by atoms with Crippen LogP contribution in [-0.2, 0) is 24.3 Å². The molecule has 2 aliphatic rings. The van der Waals surface area contributed by atoms with Crippen LogP contribution in [0.5, 0.6) is 0 Å². The van der Waals surface area contributed by atoms with Gasteiger partial charge in [0.1, 0.15) is 6.10 Å². The highest BCUT2D eigenvalue weighted by molar-refractivity contribution is 7.89. The second kappa shape index (κ2) is 6.96. The Morgan fingerprint density at radius 1 is 1.13 bits per heavy atom. The normalized spacial score (nSPS) is 22.9. The fourth-order valence-electron chi connectivity index (χ4n) is 2.65. The number of hydrogen-bond donors (Lipinski definition) is 1. The first-order chi connectivity index (χ1) is 11.1. The molecule has 0 saturated carbocycles. The molecule has 2 fully saturated rings. The van der Waals surface area contributed by atoms with Crippen molar-refractivity contribution in [2.45, 2.75) is 23.8 Å². The van der Waals surface area contributed by atoms with Crippen molar-refractivity contribution in [2.24, 2.45) is 0 Å². The summed E-state index contributed by atoms with van der Waals surface area (Å²) in [5.41, 5.74) is 0.562. The highest BCUT2D eigenvalue weighted by atomic mass is 32.2. The lowest BCUT2D eigenvalue weighted by atomic mass is 10.2. The first-order valence-corrected chi connectivity index (χ1v) is 9.12. The van der Waals surface area contributed by atoms with Crippen molar-refractivity contribution in [1.29, 1.82) is 0 Å². The van der Waals surface area contributed by atoms with Gasteiger partial charge in [-0.15, -0.1) is 0 Å². The van der Waals surface area contributed by atoms with Gasteiger partial charge in [0.15, 0.2) is 0 Å². The highest BCUT2D eigenvalue weighted by Crippen LogP contribution is 2.20. The Bertz CT molecular complexity index is 647. The summed E-state index contributed by atoms with van der Waals surface area (Å²) in [5.74, 6) is -0.189. The number of nitrogens with one attached hydrogen (secondary N) is 1. The Balaban J connectivity index is 1.67. The number of carbonyl (C=O) groups is 1. The van der Waals surface area contributed by atoms with Gasteiger partial charge in [-0.3, -0.25) is 4.79 Å². The van der Waals surface area contributed by atoms with Gasteiger partial charge >= 0.3 is 0 Å². The van der Waals surface area contributed by atoms with Crippen molar-refractivity contribution in [2.75, 3.05) is 38.2 Å². The minimum absolute atomic E-state index is 0.189. The maximum absolute atomic E-state index is 12.5. The van der Waals surface area contributed by atoms with Gasteiger partial charge in [0.2, 0.25) is 10.0 Å². The van der Waals surface area contributed by atoms with Crippen molar-refractivity contribution in [1.82, 2.24) is 4.31 Å². The summed E-state index contributed by atoms with van der Waals surface area (Å²) in [5, 5.41) is 2.75. The number of amides is 1. The Morgan fingerprint density at radius 3 is 2.43 bits per heavy atom. The molecule has 1 aromatic rings. The summed E-state index contributed by atoms with van der Waals surface area (Å²) in [6.45, 7) is 2.15. The van der Waals surface area contributed by atoms with Gasteiger partial charge < -0.3 is 14.8 Å². The maximum atomic E-state index is 12.5. The van der Waals surface area contributed by atoms with E-state index in [2.05, 4.69) is 5.32 Å². The second-order valence-corrected chi connectivity index (χ2v) is 7.47. The van der Waals surface area contributed by atoms with Gasteiger partial charge in [0.05, 0.1) is 18.1 Å². The SMILES string of the molecule is O=C(Nc1ccc(S(=O)(=O)N2CCOCC2)cc1)C1CCCO1.